The van der Waals surface area contributed by atoms with Crippen LogP contribution in [0.5, 0.6) is 0 Å². The van der Waals surface area contributed by atoms with E-state index < -0.39 is 0 Å². The molecule has 0 spiro atoms. The predicted molar refractivity (Wildman–Crippen MR) is 76.0 cm³/mol. The van der Waals surface area contributed by atoms with E-state index in [0.29, 0.717) is 6.42 Å². The molecule has 0 saturated carbocycles. The lowest BCUT2D eigenvalue weighted by molar-refractivity contribution is 0.583. The molecule has 0 bridgehead atoms. The highest BCUT2D eigenvalue weighted by Gasteiger charge is 2.16. The van der Waals surface area contributed by atoms with E-state index in [4.69, 9.17) is 11.6 Å². The van der Waals surface area contributed by atoms with E-state index in [1.807, 2.05) is 13.1 Å². The van der Waals surface area contributed by atoms with Gasteiger partial charge in [0.1, 0.15) is 5.82 Å². The number of benzene rings is 1. The molecule has 0 saturated heterocycles. The van der Waals surface area contributed by atoms with Crippen LogP contribution in [0.4, 0.5) is 4.39 Å². The Kier molecular flexibility index (Phi) is 4.38. The Bertz CT molecular complexity index is 538. The maximum atomic E-state index is 13.4. The molecular formula is C14H15ClFNS. The first-order chi connectivity index (χ1) is 8.63. The smallest absolute Gasteiger partial charge is 0.142 e. The molecule has 1 N–H and O–H groups in total. The lowest BCUT2D eigenvalue weighted by Gasteiger charge is -2.17. The first-order valence-electron chi connectivity index (χ1n) is 5.76. The van der Waals surface area contributed by atoms with Crippen molar-refractivity contribution in [1.82, 2.24) is 5.32 Å². The molecular weight excluding hydrogens is 269 g/mol. The molecule has 0 aliphatic heterocycles. The second-order valence-corrected chi connectivity index (χ2v) is 5.39. The molecule has 1 aromatic heterocycles. The minimum atomic E-state index is -0.355. The Balaban J connectivity index is 2.26. The van der Waals surface area contributed by atoms with Crippen LogP contribution in [0.3, 0.4) is 0 Å². The van der Waals surface area contributed by atoms with Crippen molar-refractivity contribution in [3.63, 3.8) is 0 Å². The average Bonchev–Trinajstić information content (AvgIpc) is 2.77. The Morgan fingerprint density at radius 2 is 2.17 bits per heavy atom. The number of likely N-dealkylation sites (N-methyl/N-ethyl adjacent to an activating group) is 1. The number of rotatable bonds is 4. The minimum Gasteiger partial charge on any atom is -0.313 e. The van der Waals surface area contributed by atoms with E-state index in [1.54, 1.807) is 17.4 Å². The molecule has 0 radical (unpaired) electrons. The first-order valence-corrected chi connectivity index (χ1v) is 7.08. The quantitative estimate of drug-likeness (QED) is 0.879. The average molecular weight is 284 g/mol. The molecule has 1 aromatic carbocycles. The van der Waals surface area contributed by atoms with Gasteiger partial charge in [-0.1, -0.05) is 23.7 Å². The van der Waals surface area contributed by atoms with Crippen LogP contribution in [-0.4, -0.2) is 7.05 Å². The minimum absolute atomic E-state index is 0.163. The molecule has 2 aromatic rings. The van der Waals surface area contributed by atoms with Crippen LogP contribution < -0.4 is 5.32 Å². The molecule has 0 aliphatic rings. The van der Waals surface area contributed by atoms with E-state index in [9.17, 15) is 4.39 Å². The van der Waals surface area contributed by atoms with Gasteiger partial charge in [-0.3, -0.25) is 0 Å². The number of hydrogen-bond acceptors (Lipinski definition) is 2. The molecule has 18 heavy (non-hydrogen) atoms. The van der Waals surface area contributed by atoms with Crippen molar-refractivity contribution in [3.8, 4) is 0 Å². The Morgan fingerprint density at radius 3 is 2.78 bits per heavy atom. The van der Waals surface area contributed by atoms with Gasteiger partial charge in [-0.25, -0.2) is 4.39 Å². The molecule has 1 heterocycles. The molecule has 4 heteroatoms. The highest BCUT2D eigenvalue weighted by atomic mass is 35.5. The summed E-state index contributed by atoms with van der Waals surface area (Å²) in [6.45, 7) is 2.09. The molecule has 0 amide bonds. The molecule has 1 unspecified atom stereocenters. The Morgan fingerprint density at radius 1 is 1.39 bits per heavy atom. The normalized spacial score (nSPS) is 12.7. The maximum absolute atomic E-state index is 13.4. The zero-order valence-corrected chi connectivity index (χ0v) is 11.9. The lowest BCUT2D eigenvalue weighted by Crippen LogP contribution is -2.19. The highest BCUT2D eigenvalue weighted by Crippen LogP contribution is 2.28. The van der Waals surface area contributed by atoms with Gasteiger partial charge in [0, 0.05) is 6.04 Å². The van der Waals surface area contributed by atoms with Gasteiger partial charge in [-0.05, 0) is 53.9 Å². The zero-order valence-electron chi connectivity index (χ0n) is 10.3. The maximum Gasteiger partial charge on any atom is 0.142 e. The largest absolute Gasteiger partial charge is 0.313 e. The third kappa shape index (κ3) is 2.74. The molecule has 1 atom stereocenters. The highest BCUT2D eigenvalue weighted by molar-refractivity contribution is 7.08. The van der Waals surface area contributed by atoms with Crippen LogP contribution in [0.1, 0.15) is 22.7 Å². The van der Waals surface area contributed by atoms with Crippen LogP contribution in [0.2, 0.25) is 5.02 Å². The van der Waals surface area contributed by atoms with E-state index in [-0.39, 0.29) is 16.9 Å². The van der Waals surface area contributed by atoms with E-state index in [2.05, 4.69) is 23.0 Å². The molecule has 0 fully saturated rings. The van der Waals surface area contributed by atoms with Gasteiger partial charge in [-0.15, -0.1) is 0 Å². The van der Waals surface area contributed by atoms with E-state index >= 15 is 0 Å². The number of nitrogens with one attached hydrogen (secondary N) is 1. The van der Waals surface area contributed by atoms with E-state index in [1.165, 1.54) is 17.2 Å². The summed E-state index contributed by atoms with van der Waals surface area (Å²) in [5, 5.41) is 7.74. The molecule has 0 aliphatic carbocycles. The summed E-state index contributed by atoms with van der Waals surface area (Å²) in [6, 6.07) is 5.12. The predicted octanol–water partition coefficient (Wildman–Crippen LogP) is 4.35. The van der Waals surface area contributed by atoms with Crippen LogP contribution in [0.15, 0.2) is 29.0 Å². The SMILES string of the molecule is CNC(Cc1cccc(F)c1Cl)c1cscc1C. The van der Waals surface area contributed by atoms with Crippen LogP contribution in [0.25, 0.3) is 0 Å². The number of aryl methyl sites for hydroxylation is 1. The first kappa shape index (κ1) is 13.5. The van der Waals surface area contributed by atoms with Gasteiger partial charge in [0.2, 0.25) is 0 Å². The Labute approximate surface area is 116 Å². The summed E-state index contributed by atoms with van der Waals surface area (Å²) in [5.41, 5.74) is 3.34. The fraction of sp³-hybridized carbons (Fsp3) is 0.286. The molecule has 2 rings (SSSR count). The Hall–Kier alpha value is -0.900. The number of hydrogen-bond donors (Lipinski definition) is 1. The van der Waals surface area contributed by atoms with Gasteiger partial charge < -0.3 is 5.32 Å². The van der Waals surface area contributed by atoms with Crippen molar-refractivity contribution < 1.29 is 4.39 Å². The fourth-order valence-electron chi connectivity index (χ4n) is 2.02. The number of thiophene rings is 1. The van der Waals surface area contributed by atoms with Gasteiger partial charge in [0.05, 0.1) is 5.02 Å². The summed E-state index contributed by atoms with van der Waals surface area (Å²) >= 11 is 7.68. The summed E-state index contributed by atoms with van der Waals surface area (Å²) in [5.74, 6) is -0.355. The topological polar surface area (TPSA) is 12.0 Å². The van der Waals surface area contributed by atoms with Crippen LogP contribution in [0, 0.1) is 12.7 Å². The van der Waals surface area contributed by atoms with Gasteiger partial charge in [-0.2, -0.15) is 11.3 Å². The molecule has 1 nitrogen and oxygen atoms in total. The van der Waals surface area contributed by atoms with Crippen molar-refractivity contribution in [2.75, 3.05) is 7.05 Å². The third-order valence-electron chi connectivity index (χ3n) is 3.07. The fourth-order valence-corrected chi connectivity index (χ4v) is 3.13. The number of halogens is 2. The van der Waals surface area contributed by atoms with Gasteiger partial charge in [0.25, 0.3) is 0 Å². The molecule has 96 valence electrons. The summed E-state index contributed by atoms with van der Waals surface area (Å²) in [4.78, 5) is 0. The van der Waals surface area contributed by atoms with Gasteiger partial charge >= 0.3 is 0 Å². The van der Waals surface area contributed by atoms with Crippen LogP contribution in [-0.2, 0) is 6.42 Å². The second-order valence-electron chi connectivity index (χ2n) is 4.27. The summed E-state index contributed by atoms with van der Waals surface area (Å²) in [7, 11) is 1.91. The summed E-state index contributed by atoms with van der Waals surface area (Å²) in [6.07, 6.45) is 0.685. The van der Waals surface area contributed by atoms with Gasteiger partial charge in [0.15, 0.2) is 0 Å². The second kappa shape index (κ2) is 5.83. The third-order valence-corrected chi connectivity index (χ3v) is 4.38. The standard InChI is InChI=1S/C14H15ClFNS/c1-9-7-18-8-11(9)13(17-2)6-10-4-3-5-12(16)14(10)15/h3-5,7-8,13,17H,6H2,1-2H3. The van der Waals surface area contributed by atoms with Crippen molar-refractivity contribution in [1.29, 1.82) is 0 Å². The zero-order chi connectivity index (χ0) is 13.1. The van der Waals surface area contributed by atoms with Crippen molar-refractivity contribution >= 4 is 22.9 Å². The summed E-state index contributed by atoms with van der Waals surface area (Å²) < 4.78 is 13.4. The van der Waals surface area contributed by atoms with Crippen molar-refractivity contribution in [2.24, 2.45) is 0 Å². The van der Waals surface area contributed by atoms with Crippen molar-refractivity contribution in [3.05, 3.63) is 56.5 Å². The van der Waals surface area contributed by atoms with E-state index in [0.717, 1.165) is 5.56 Å². The lowest BCUT2D eigenvalue weighted by atomic mass is 9.98. The monoisotopic (exact) mass is 283 g/mol. The van der Waals surface area contributed by atoms with Crippen LogP contribution >= 0.6 is 22.9 Å². The van der Waals surface area contributed by atoms with Crippen molar-refractivity contribution in [2.45, 2.75) is 19.4 Å².